The molecule has 1 N–H and O–H groups in total. The van der Waals surface area contributed by atoms with Crippen LogP contribution in [0.15, 0.2) is 65.6 Å². The van der Waals surface area contributed by atoms with Crippen molar-refractivity contribution in [2.45, 2.75) is 11.3 Å². The van der Waals surface area contributed by atoms with Gasteiger partial charge in [-0.1, -0.05) is 24.3 Å². The minimum Gasteiger partial charge on any atom is -0.497 e. The van der Waals surface area contributed by atoms with Gasteiger partial charge in [0.25, 0.3) is 0 Å². The van der Waals surface area contributed by atoms with Crippen molar-refractivity contribution in [2.24, 2.45) is 0 Å². The molecule has 0 saturated heterocycles. The third-order valence-corrected chi connectivity index (χ3v) is 6.13. The summed E-state index contributed by atoms with van der Waals surface area (Å²) >= 11 is 0. The molecule has 3 aromatic carbocycles. The quantitative estimate of drug-likeness (QED) is 0.656. The summed E-state index contributed by atoms with van der Waals surface area (Å²) in [6.07, 6.45) is -0.144. The van der Waals surface area contributed by atoms with Gasteiger partial charge in [-0.25, -0.2) is 8.42 Å². The van der Waals surface area contributed by atoms with E-state index in [-0.39, 0.29) is 23.0 Å². The molecule has 146 valence electrons. The van der Waals surface area contributed by atoms with Crippen molar-refractivity contribution in [3.05, 3.63) is 60.7 Å². The van der Waals surface area contributed by atoms with E-state index in [4.69, 9.17) is 9.47 Å². The Morgan fingerprint density at radius 1 is 0.893 bits per heavy atom. The largest absolute Gasteiger partial charge is 0.497 e. The predicted molar refractivity (Wildman–Crippen MR) is 109 cm³/mol. The molecule has 0 radical (unpaired) electrons. The van der Waals surface area contributed by atoms with Gasteiger partial charge in [-0.15, -0.1) is 0 Å². The Bertz CT molecular complexity index is 1090. The van der Waals surface area contributed by atoms with Crippen molar-refractivity contribution >= 4 is 32.2 Å². The Kier molecular flexibility index (Phi) is 5.84. The molecule has 3 aromatic rings. The fraction of sp³-hybridized carbons (Fsp3) is 0.190. The second kappa shape index (κ2) is 8.31. The van der Waals surface area contributed by atoms with Crippen molar-refractivity contribution in [1.29, 1.82) is 0 Å². The molecule has 0 aliphatic carbocycles. The molecule has 0 saturated carbocycles. The molecule has 0 aliphatic rings. The number of ether oxygens (including phenoxy) is 2. The van der Waals surface area contributed by atoms with E-state index in [0.717, 1.165) is 10.8 Å². The molecule has 0 bridgehead atoms. The number of carbonyl (C=O) groups excluding carboxylic acids is 1. The number of fused-ring (bicyclic) bond motifs is 1. The first kappa shape index (κ1) is 19.7. The maximum Gasteiger partial charge on any atom is 0.225 e. The Morgan fingerprint density at radius 3 is 2.21 bits per heavy atom. The summed E-state index contributed by atoms with van der Waals surface area (Å²) in [5, 5.41) is 4.50. The predicted octanol–water partition coefficient (Wildman–Crippen LogP) is 3.66. The van der Waals surface area contributed by atoms with Gasteiger partial charge in [0.15, 0.2) is 9.84 Å². The molecule has 3 rings (SSSR count). The minimum absolute atomic E-state index is 0.144. The summed E-state index contributed by atoms with van der Waals surface area (Å²) in [4.78, 5) is 12.5. The highest BCUT2D eigenvalue weighted by Crippen LogP contribution is 2.31. The summed E-state index contributed by atoms with van der Waals surface area (Å²) in [5.74, 6) is 0.630. The highest BCUT2D eigenvalue weighted by atomic mass is 32.2. The number of nitrogens with one attached hydrogen (secondary N) is 1. The van der Waals surface area contributed by atoms with Gasteiger partial charge >= 0.3 is 0 Å². The van der Waals surface area contributed by atoms with Crippen LogP contribution in [0.1, 0.15) is 6.42 Å². The zero-order chi connectivity index (χ0) is 20.1. The van der Waals surface area contributed by atoms with Crippen LogP contribution in [0.5, 0.6) is 11.5 Å². The van der Waals surface area contributed by atoms with Crippen LogP contribution in [-0.4, -0.2) is 34.3 Å². The van der Waals surface area contributed by atoms with Crippen molar-refractivity contribution in [3.63, 3.8) is 0 Å². The maximum absolute atomic E-state index is 12.4. The van der Waals surface area contributed by atoms with Gasteiger partial charge in [0.2, 0.25) is 5.91 Å². The Labute approximate surface area is 164 Å². The summed E-state index contributed by atoms with van der Waals surface area (Å²) in [5.41, 5.74) is 0.614. The summed E-state index contributed by atoms with van der Waals surface area (Å²) in [6.45, 7) is 0. The molecule has 28 heavy (non-hydrogen) atoms. The van der Waals surface area contributed by atoms with Crippen LogP contribution in [-0.2, 0) is 14.6 Å². The molecule has 0 unspecified atom stereocenters. The molecule has 0 fully saturated rings. The summed E-state index contributed by atoms with van der Waals surface area (Å²) in [7, 11) is -0.464. The van der Waals surface area contributed by atoms with E-state index in [1.807, 2.05) is 24.3 Å². The van der Waals surface area contributed by atoms with Gasteiger partial charge in [0, 0.05) is 22.9 Å². The highest BCUT2D eigenvalue weighted by Gasteiger charge is 2.17. The molecule has 0 heterocycles. The van der Waals surface area contributed by atoms with E-state index in [9.17, 15) is 13.2 Å². The van der Waals surface area contributed by atoms with Gasteiger partial charge in [-0.2, -0.15) is 0 Å². The lowest BCUT2D eigenvalue weighted by Crippen LogP contribution is -2.17. The topological polar surface area (TPSA) is 81.7 Å². The van der Waals surface area contributed by atoms with E-state index < -0.39 is 9.84 Å². The van der Waals surface area contributed by atoms with Crippen molar-refractivity contribution in [1.82, 2.24) is 0 Å². The molecule has 0 aliphatic heterocycles. The average Bonchev–Trinajstić information content (AvgIpc) is 2.72. The first-order chi connectivity index (χ1) is 13.4. The number of anilines is 1. The smallest absolute Gasteiger partial charge is 0.225 e. The minimum atomic E-state index is -3.56. The zero-order valence-corrected chi connectivity index (χ0v) is 16.5. The van der Waals surface area contributed by atoms with Crippen LogP contribution in [0.2, 0.25) is 0 Å². The Morgan fingerprint density at radius 2 is 1.57 bits per heavy atom. The summed E-state index contributed by atoms with van der Waals surface area (Å²) in [6, 6.07) is 17.2. The van der Waals surface area contributed by atoms with E-state index in [1.54, 1.807) is 31.4 Å². The van der Waals surface area contributed by atoms with Gasteiger partial charge in [0.1, 0.15) is 11.5 Å². The number of hydrogen-bond acceptors (Lipinski definition) is 5. The van der Waals surface area contributed by atoms with Crippen LogP contribution < -0.4 is 14.8 Å². The third-order valence-electron chi connectivity index (χ3n) is 4.39. The molecule has 0 spiro atoms. The van der Waals surface area contributed by atoms with Crippen LogP contribution in [0, 0.1) is 0 Å². The normalized spacial score (nSPS) is 11.2. The first-order valence-electron chi connectivity index (χ1n) is 8.67. The van der Waals surface area contributed by atoms with Gasteiger partial charge in [0.05, 0.1) is 24.9 Å². The van der Waals surface area contributed by atoms with Crippen LogP contribution in [0.25, 0.3) is 10.8 Å². The number of methoxy groups -OCH3 is 2. The lowest BCUT2D eigenvalue weighted by atomic mass is 10.1. The molecular weight excluding hydrogens is 378 g/mol. The molecule has 0 aromatic heterocycles. The molecule has 1 amide bonds. The third kappa shape index (κ3) is 4.26. The standard InChI is InChI=1S/C21H21NO5S/c1-26-15-7-9-16(10-8-15)28(24,25)14-13-21(23)22-19-11-12-20(27-2)18-6-4-3-5-17(18)19/h3-12H,13-14H2,1-2H3,(H,22,23). The fourth-order valence-electron chi connectivity index (χ4n) is 2.90. The number of rotatable bonds is 7. The Balaban J connectivity index is 1.71. The number of sulfone groups is 1. The van der Waals surface area contributed by atoms with Gasteiger partial charge < -0.3 is 14.8 Å². The van der Waals surface area contributed by atoms with Crippen LogP contribution >= 0.6 is 0 Å². The van der Waals surface area contributed by atoms with E-state index in [1.165, 1.54) is 19.2 Å². The van der Waals surface area contributed by atoms with Crippen molar-refractivity contribution in [3.8, 4) is 11.5 Å². The van der Waals surface area contributed by atoms with E-state index in [2.05, 4.69) is 5.32 Å². The van der Waals surface area contributed by atoms with Gasteiger partial charge in [-0.05, 0) is 36.4 Å². The molecule has 6 nitrogen and oxygen atoms in total. The van der Waals surface area contributed by atoms with E-state index in [0.29, 0.717) is 17.2 Å². The van der Waals surface area contributed by atoms with Crippen LogP contribution in [0.3, 0.4) is 0 Å². The molecular formula is C21H21NO5S. The second-order valence-electron chi connectivity index (χ2n) is 6.15. The lowest BCUT2D eigenvalue weighted by molar-refractivity contribution is -0.115. The number of carbonyl (C=O) groups is 1. The lowest BCUT2D eigenvalue weighted by Gasteiger charge is -2.12. The van der Waals surface area contributed by atoms with E-state index >= 15 is 0 Å². The molecule has 0 atom stereocenters. The SMILES string of the molecule is COc1ccc(S(=O)(=O)CCC(=O)Nc2ccc(OC)c3ccccc23)cc1. The summed E-state index contributed by atoms with van der Waals surface area (Å²) < 4.78 is 35.3. The number of hydrogen-bond donors (Lipinski definition) is 1. The number of amides is 1. The van der Waals surface area contributed by atoms with Gasteiger partial charge in [-0.3, -0.25) is 4.79 Å². The van der Waals surface area contributed by atoms with Crippen molar-refractivity contribution in [2.75, 3.05) is 25.3 Å². The zero-order valence-electron chi connectivity index (χ0n) is 15.6. The Hall–Kier alpha value is -3.06. The monoisotopic (exact) mass is 399 g/mol. The highest BCUT2D eigenvalue weighted by molar-refractivity contribution is 7.91. The maximum atomic E-state index is 12.4. The second-order valence-corrected chi connectivity index (χ2v) is 8.26. The first-order valence-corrected chi connectivity index (χ1v) is 10.3. The molecule has 7 heteroatoms. The average molecular weight is 399 g/mol. The number of benzene rings is 3. The van der Waals surface area contributed by atoms with Crippen LogP contribution in [0.4, 0.5) is 5.69 Å². The fourth-order valence-corrected chi connectivity index (χ4v) is 4.14. The van der Waals surface area contributed by atoms with Crippen molar-refractivity contribution < 1.29 is 22.7 Å².